The second kappa shape index (κ2) is 8.44. The van der Waals surface area contributed by atoms with Gasteiger partial charge in [-0.15, -0.1) is 0 Å². The Kier molecular flexibility index (Phi) is 6.13. The van der Waals surface area contributed by atoms with E-state index < -0.39 is 5.60 Å². The third kappa shape index (κ3) is 4.62. The molecule has 0 unspecified atom stereocenters. The molecule has 0 spiro atoms. The van der Waals surface area contributed by atoms with Gasteiger partial charge >= 0.3 is 0 Å². The topological polar surface area (TPSA) is 76.4 Å². The van der Waals surface area contributed by atoms with E-state index in [-0.39, 0.29) is 5.91 Å². The molecule has 158 valence electrons. The lowest BCUT2D eigenvalue weighted by atomic mass is 9.91. The normalized spacial score (nSPS) is 13.8. The first kappa shape index (κ1) is 21.8. The fraction of sp³-hybridized carbons (Fsp3) is 0.360. The molecule has 0 saturated carbocycles. The standard InChI is InChI=1S/C25H31N3O2/c1-16-17(2)22-14-28(15-25(3,4)30)24(29)21(22)13-20(16)12-18-6-8-19(9-7-18)23(26)10-11-27-5/h6-11,13,26-27,30H,12,14-15H2,1-5H3/b11-10-,26-23?. The maximum Gasteiger partial charge on any atom is 0.254 e. The number of β-amino-alcohol motifs (C(OH)–C–C–N with tert-alkyl or cyclic N) is 1. The summed E-state index contributed by atoms with van der Waals surface area (Å²) in [5.41, 5.74) is 6.89. The zero-order valence-electron chi connectivity index (χ0n) is 18.5. The van der Waals surface area contributed by atoms with Crippen molar-refractivity contribution in [1.29, 1.82) is 5.41 Å². The Bertz CT molecular complexity index is 999. The molecule has 3 rings (SSSR count). The van der Waals surface area contributed by atoms with E-state index in [9.17, 15) is 9.90 Å². The Morgan fingerprint density at radius 2 is 1.90 bits per heavy atom. The van der Waals surface area contributed by atoms with Crippen molar-refractivity contribution in [2.75, 3.05) is 13.6 Å². The lowest BCUT2D eigenvalue weighted by Gasteiger charge is -2.25. The Labute approximate surface area is 178 Å². The number of amides is 1. The highest BCUT2D eigenvalue weighted by Gasteiger charge is 2.33. The quantitative estimate of drug-likeness (QED) is 0.615. The van der Waals surface area contributed by atoms with Crippen molar-refractivity contribution in [3.8, 4) is 0 Å². The summed E-state index contributed by atoms with van der Waals surface area (Å²) in [6.07, 6.45) is 4.21. The molecule has 1 amide bonds. The molecule has 0 bridgehead atoms. The van der Waals surface area contributed by atoms with Crippen molar-refractivity contribution in [3.05, 3.63) is 81.6 Å². The lowest BCUT2D eigenvalue weighted by molar-refractivity contribution is 0.0314. The third-order valence-electron chi connectivity index (χ3n) is 5.66. The van der Waals surface area contributed by atoms with E-state index in [1.807, 2.05) is 37.4 Å². The first-order chi connectivity index (χ1) is 14.1. The molecule has 0 fully saturated rings. The third-order valence-corrected chi connectivity index (χ3v) is 5.66. The zero-order valence-corrected chi connectivity index (χ0v) is 18.5. The number of allylic oxidation sites excluding steroid dienone is 1. The maximum absolute atomic E-state index is 12.9. The first-order valence-electron chi connectivity index (χ1n) is 10.3. The zero-order chi connectivity index (χ0) is 22.1. The van der Waals surface area contributed by atoms with Crippen molar-refractivity contribution in [1.82, 2.24) is 10.2 Å². The summed E-state index contributed by atoms with van der Waals surface area (Å²) in [7, 11) is 1.81. The van der Waals surface area contributed by atoms with Gasteiger partial charge in [-0.05, 0) is 85.8 Å². The maximum atomic E-state index is 12.9. The molecule has 0 aliphatic carbocycles. The number of hydrogen-bond acceptors (Lipinski definition) is 4. The number of carbonyl (C=O) groups excluding carboxylic acids is 1. The lowest BCUT2D eigenvalue weighted by Crippen LogP contribution is -2.38. The highest BCUT2D eigenvalue weighted by Crippen LogP contribution is 2.32. The van der Waals surface area contributed by atoms with Gasteiger partial charge in [0.15, 0.2) is 0 Å². The fourth-order valence-electron chi connectivity index (χ4n) is 3.93. The van der Waals surface area contributed by atoms with Gasteiger partial charge < -0.3 is 20.7 Å². The predicted octanol–water partition coefficient (Wildman–Crippen LogP) is 3.72. The van der Waals surface area contributed by atoms with E-state index in [1.165, 1.54) is 5.56 Å². The molecule has 0 aromatic heterocycles. The number of benzene rings is 2. The van der Waals surface area contributed by atoms with Crippen molar-refractivity contribution >= 4 is 11.6 Å². The van der Waals surface area contributed by atoms with Crippen molar-refractivity contribution in [2.45, 2.75) is 46.3 Å². The SMILES string of the molecule is CN/C=C\C(=N)c1ccc(Cc2cc3c(c(C)c2C)CN(CC(C)(C)O)C3=O)cc1. The average Bonchev–Trinajstić information content (AvgIpc) is 2.99. The van der Waals surface area contributed by atoms with Crippen molar-refractivity contribution in [2.24, 2.45) is 0 Å². The van der Waals surface area contributed by atoms with Crippen LogP contribution in [0.15, 0.2) is 42.6 Å². The molecule has 3 N–H and O–H groups in total. The average molecular weight is 406 g/mol. The van der Waals surface area contributed by atoms with Crippen LogP contribution in [0.2, 0.25) is 0 Å². The van der Waals surface area contributed by atoms with Crippen LogP contribution in [0.5, 0.6) is 0 Å². The van der Waals surface area contributed by atoms with Crippen LogP contribution in [0.1, 0.15) is 57.6 Å². The Balaban J connectivity index is 1.84. The minimum Gasteiger partial charge on any atom is -0.394 e. The van der Waals surface area contributed by atoms with Gasteiger partial charge in [-0.2, -0.15) is 0 Å². The van der Waals surface area contributed by atoms with E-state index in [2.05, 4.69) is 19.2 Å². The monoisotopic (exact) mass is 405 g/mol. The molecule has 0 radical (unpaired) electrons. The summed E-state index contributed by atoms with van der Waals surface area (Å²) < 4.78 is 0. The highest BCUT2D eigenvalue weighted by atomic mass is 16.3. The van der Waals surface area contributed by atoms with Gasteiger partial charge in [-0.25, -0.2) is 0 Å². The molecule has 1 aliphatic rings. The number of nitrogens with zero attached hydrogens (tertiary/aromatic N) is 1. The Morgan fingerprint density at radius 3 is 2.50 bits per heavy atom. The summed E-state index contributed by atoms with van der Waals surface area (Å²) in [6, 6.07) is 10.0. The molecule has 0 atom stereocenters. The van der Waals surface area contributed by atoms with Crippen LogP contribution in [0.4, 0.5) is 0 Å². The Hall–Kier alpha value is -2.92. The molecule has 1 aliphatic heterocycles. The Morgan fingerprint density at radius 1 is 1.23 bits per heavy atom. The molecule has 5 nitrogen and oxygen atoms in total. The van der Waals surface area contributed by atoms with Crippen LogP contribution in [0.3, 0.4) is 0 Å². The summed E-state index contributed by atoms with van der Waals surface area (Å²) in [4.78, 5) is 14.7. The summed E-state index contributed by atoms with van der Waals surface area (Å²) in [5.74, 6) is -0.00316. The fourth-order valence-corrected chi connectivity index (χ4v) is 3.93. The van der Waals surface area contributed by atoms with Gasteiger partial charge in [0.1, 0.15) is 0 Å². The molecule has 0 saturated heterocycles. The van der Waals surface area contributed by atoms with Crippen LogP contribution in [0.25, 0.3) is 0 Å². The number of nitrogens with one attached hydrogen (secondary N) is 2. The van der Waals surface area contributed by atoms with E-state index in [0.717, 1.165) is 39.8 Å². The van der Waals surface area contributed by atoms with Crippen LogP contribution in [0, 0.1) is 19.3 Å². The van der Waals surface area contributed by atoms with Crippen molar-refractivity contribution in [3.63, 3.8) is 0 Å². The van der Waals surface area contributed by atoms with Gasteiger partial charge in [0.05, 0.1) is 11.3 Å². The minimum absolute atomic E-state index is 0.00316. The van der Waals surface area contributed by atoms with Crippen LogP contribution in [-0.2, 0) is 13.0 Å². The predicted molar refractivity (Wildman–Crippen MR) is 121 cm³/mol. The molecular weight excluding hydrogens is 374 g/mol. The van der Waals surface area contributed by atoms with Gasteiger partial charge in [-0.3, -0.25) is 4.79 Å². The minimum atomic E-state index is -0.915. The molecule has 1 heterocycles. The van der Waals surface area contributed by atoms with E-state index in [1.54, 1.807) is 31.0 Å². The molecular formula is C25H31N3O2. The summed E-state index contributed by atoms with van der Waals surface area (Å²) in [6.45, 7) is 8.53. The van der Waals surface area contributed by atoms with Crippen LogP contribution in [-0.4, -0.2) is 40.8 Å². The van der Waals surface area contributed by atoms with Gasteiger partial charge in [0.2, 0.25) is 0 Å². The van der Waals surface area contributed by atoms with E-state index in [0.29, 0.717) is 18.8 Å². The van der Waals surface area contributed by atoms with Crippen LogP contribution < -0.4 is 5.32 Å². The summed E-state index contributed by atoms with van der Waals surface area (Å²) in [5, 5.41) is 21.1. The number of fused-ring (bicyclic) bond motifs is 1. The van der Waals surface area contributed by atoms with Gasteiger partial charge in [0.25, 0.3) is 5.91 Å². The largest absolute Gasteiger partial charge is 0.394 e. The molecule has 2 aromatic carbocycles. The van der Waals surface area contributed by atoms with Gasteiger partial charge in [-0.1, -0.05) is 24.3 Å². The second-order valence-electron chi connectivity index (χ2n) is 8.69. The number of carbonyl (C=O) groups is 1. The molecule has 30 heavy (non-hydrogen) atoms. The first-order valence-corrected chi connectivity index (χ1v) is 10.3. The van der Waals surface area contributed by atoms with E-state index >= 15 is 0 Å². The number of hydrogen-bond donors (Lipinski definition) is 3. The van der Waals surface area contributed by atoms with E-state index in [4.69, 9.17) is 5.41 Å². The number of aliphatic hydroxyl groups is 1. The van der Waals surface area contributed by atoms with Gasteiger partial charge in [0, 0.05) is 25.7 Å². The summed E-state index contributed by atoms with van der Waals surface area (Å²) >= 11 is 0. The molecule has 5 heteroatoms. The second-order valence-corrected chi connectivity index (χ2v) is 8.69. The smallest absolute Gasteiger partial charge is 0.254 e. The molecule has 2 aromatic rings. The van der Waals surface area contributed by atoms with Crippen molar-refractivity contribution < 1.29 is 9.90 Å². The highest BCUT2D eigenvalue weighted by molar-refractivity contribution is 6.06. The number of rotatable bonds is 7. The van der Waals surface area contributed by atoms with Crippen LogP contribution >= 0.6 is 0 Å².